The predicted octanol–water partition coefficient (Wildman–Crippen LogP) is 2.95. The summed E-state index contributed by atoms with van der Waals surface area (Å²) in [7, 11) is 0. The summed E-state index contributed by atoms with van der Waals surface area (Å²) in [6.45, 7) is 6.92. The zero-order chi connectivity index (χ0) is 15.7. The standard InChI is InChI=1S/C13H18ClN3O3/c1-12(2,13(3,4)15)11(18)16-8-5-6-9(14)10(7-8)17(19)20/h5-7H,15H2,1-4H3,(H,16,18). The summed E-state index contributed by atoms with van der Waals surface area (Å²) in [5.74, 6) is -0.318. The number of anilines is 1. The van der Waals surface area contributed by atoms with E-state index in [9.17, 15) is 14.9 Å². The van der Waals surface area contributed by atoms with E-state index in [4.69, 9.17) is 17.3 Å². The Balaban J connectivity index is 3.03. The number of carbonyl (C=O) groups is 1. The minimum absolute atomic E-state index is 0.0198. The zero-order valence-corrected chi connectivity index (χ0v) is 12.6. The van der Waals surface area contributed by atoms with Gasteiger partial charge in [0.1, 0.15) is 5.02 Å². The van der Waals surface area contributed by atoms with E-state index in [0.29, 0.717) is 5.69 Å². The Kier molecular flexibility index (Phi) is 4.41. The molecule has 20 heavy (non-hydrogen) atoms. The van der Waals surface area contributed by atoms with Crippen LogP contribution in [0.3, 0.4) is 0 Å². The van der Waals surface area contributed by atoms with Crippen molar-refractivity contribution >= 4 is 28.9 Å². The van der Waals surface area contributed by atoms with Gasteiger partial charge < -0.3 is 11.1 Å². The second kappa shape index (κ2) is 5.38. The maximum absolute atomic E-state index is 12.3. The van der Waals surface area contributed by atoms with E-state index >= 15 is 0 Å². The Labute approximate surface area is 122 Å². The van der Waals surface area contributed by atoms with Crippen molar-refractivity contribution in [1.29, 1.82) is 0 Å². The van der Waals surface area contributed by atoms with Crippen LogP contribution in [0, 0.1) is 15.5 Å². The predicted molar refractivity (Wildman–Crippen MR) is 78.8 cm³/mol. The second-order valence-corrected chi connectivity index (χ2v) is 6.13. The molecule has 0 saturated heterocycles. The van der Waals surface area contributed by atoms with E-state index in [1.807, 2.05) is 0 Å². The molecule has 0 aliphatic rings. The van der Waals surface area contributed by atoms with Crippen molar-refractivity contribution in [1.82, 2.24) is 0 Å². The molecule has 0 aliphatic heterocycles. The summed E-state index contributed by atoms with van der Waals surface area (Å²) < 4.78 is 0. The van der Waals surface area contributed by atoms with Crippen molar-refractivity contribution in [2.45, 2.75) is 33.2 Å². The monoisotopic (exact) mass is 299 g/mol. The number of hydrogen-bond donors (Lipinski definition) is 2. The molecule has 1 aromatic rings. The van der Waals surface area contributed by atoms with Crippen LogP contribution in [0.25, 0.3) is 0 Å². The van der Waals surface area contributed by atoms with Crippen molar-refractivity contribution in [3.05, 3.63) is 33.3 Å². The molecule has 1 rings (SSSR count). The smallest absolute Gasteiger partial charge is 0.289 e. The van der Waals surface area contributed by atoms with Gasteiger partial charge in [-0.25, -0.2) is 0 Å². The number of nitro benzene ring substituents is 1. The van der Waals surface area contributed by atoms with Gasteiger partial charge in [0.2, 0.25) is 5.91 Å². The van der Waals surface area contributed by atoms with Crippen molar-refractivity contribution in [2.24, 2.45) is 11.1 Å². The number of hydrogen-bond acceptors (Lipinski definition) is 4. The lowest BCUT2D eigenvalue weighted by atomic mass is 9.74. The third-order valence-electron chi connectivity index (χ3n) is 3.58. The summed E-state index contributed by atoms with van der Waals surface area (Å²) in [6, 6.07) is 4.10. The fourth-order valence-corrected chi connectivity index (χ4v) is 1.50. The number of nitrogens with zero attached hydrogens (tertiary/aromatic N) is 1. The molecule has 0 aromatic heterocycles. The minimum atomic E-state index is -0.846. The number of nitrogens with one attached hydrogen (secondary N) is 1. The third kappa shape index (κ3) is 3.26. The Hall–Kier alpha value is -1.66. The van der Waals surface area contributed by atoms with Gasteiger partial charge in [0.05, 0.1) is 10.3 Å². The lowest BCUT2D eigenvalue weighted by molar-refractivity contribution is -0.384. The van der Waals surface area contributed by atoms with Crippen LogP contribution in [-0.2, 0) is 4.79 Å². The molecule has 110 valence electrons. The van der Waals surface area contributed by atoms with Crippen LogP contribution in [0.2, 0.25) is 5.02 Å². The number of amides is 1. The summed E-state index contributed by atoms with van der Waals surface area (Å²) in [5, 5.41) is 13.5. The van der Waals surface area contributed by atoms with E-state index < -0.39 is 15.9 Å². The number of nitro groups is 1. The highest BCUT2D eigenvalue weighted by Gasteiger charge is 2.40. The first-order chi connectivity index (χ1) is 8.96. The second-order valence-electron chi connectivity index (χ2n) is 5.72. The van der Waals surface area contributed by atoms with Crippen LogP contribution in [0.1, 0.15) is 27.7 Å². The molecule has 0 spiro atoms. The number of halogens is 1. The molecule has 0 saturated carbocycles. The van der Waals surface area contributed by atoms with Gasteiger partial charge in [-0.2, -0.15) is 0 Å². The van der Waals surface area contributed by atoms with Crippen LogP contribution in [0.15, 0.2) is 18.2 Å². The van der Waals surface area contributed by atoms with Crippen molar-refractivity contribution in [3.63, 3.8) is 0 Å². The number of carbonyl (C=O) groups excluding carboxylic acids is 1. The van der Waals surface area contributed by atoms with Gasteiger partial charge in [0.15, 0.2) is 0 Å². The largest absolute Gasteiger partial charge is 0.325 e. The quantitative estimate of drug-likeness (QED) is 0.659. The lowest BCUT2D eigenvalue weighted by Crippen LogP contribution is -2.53. The molecule has 0 fully saturated rings. The number of rotatable bonds is 4. The average molecular weight is 300 g/mol. The molecular weight excluding hydrogens is 282 g/mol. The molecule has 0 aliphatic carbocycles. The Morgan fingerprint density at radius 3 is 2.35 bits per heavy atom. The minimum Gasteiger partial charge on any atom is -0.325 e. The Morgan fingerprint density at radius 1 is 1.35 bits per heavy atom. The molecular formula is C13H18ClN3O3. The molecule has 0 unspecified atom stereocenters. The van der Waals surface area contributed by atoms with E-state index in [2.05, 4.69) is 5.32 Å². The highest BCUT2D eigenvalue weighted by Crippen LogP contribution is 2.32. The van der Waals surface area contributed by atoms with Gasteiger partial charge in [-0.3, -0.25) is 14.9 Å². The molecule has 0 atom stereocenters. The molecule has 0 heterocycles. The van der Waals surface area contributed by atoms with Gasteiger partial charge in [-0.15, -0.1) is 0 Å². The normalized spacial score (nSPS) is 12.1. The van der Waals surface area contributed by atoms with Gasteiger partial charge in [-0.1, -0.05) is 11.6 Å². The maximum atomic E-state index is 12.3. The van der Waals surface area contributed by atoms with Crippen molar-refractivity contribution < 1.29 is 9.72 Å². The fourth-order valence-electron chi connectivity index (χ4n) is 1.31. The van der Waals surface area contributed by atoms with Crippen LogP contribution in [-0.4, -0.2) is 16.4 Å². The summed E-state index contributed by atoms with van der Waals surface area (Å²) in [6.07, 6.45) is 0. The van der Waals surface area contributed by atoms with E-state index in [0.717, 1.165) is 0 Å². The maximum Gasteiger partial charge on any atom is 0.289 e. The van der Waals surface area contributed by atoms with E-state index in [1.165, 1.54) is 18.2 Å². The topological polar surface area (TPSA) is 98.3 Å². The van der Waals surface area contributed by atoms with Gasteiger partial charge in [0.25, 0.3) is 5.69 Å². The van der Waals surface area contributed by atoms with Gasteiger partial charge in [0, 0.05) is 17.3 Å². The summed E-state index contributed by atoms with van der Waals surface area (Å²) >= 11 is 5.72. The first-order valence-electron chi connectivity index (χ1n) is 6.01. The molecule has 3 N–H and O–H groups in total. The molecule has 0 bridgehead atoms. The first-order valence-corrected chi connectivity index (χ1v) is 6.39. The molecule has 7 heteroatoms. The Bertz CT molecular complexity index is 550. The van der Waals surface area contributed by atoms with Crippen LogP contribution < -0.4 is 11.1 Å². The number of nitrogens with two attached hydrogens (primary N) is 1. The molecule has 0 radical (unpaired) electrons. The molecule has 1 amide bonds. The highest BCUT2D eigenvalue weighted by molar-refractivity contribution is 6.32. The molecule has 1 aromatic carbocycles. The summed E-state index contributed by atoms with van der Waals surface area (Å²) in [4.78, 5) is 22.5. The van der Waals surface area contributed by atoms with Crippen molar-refractivity contribution in [3.8, 4) is 0 Å². The fraction of sp³-hybridized carbons (Fsp3) is 0.462. The first kappa shape index (κ1) is 16.4. The highest BCUT2D eigenvalue weighted by atomic mass is 35.5. The number of benzene rings is 1. The van der Waals surface area contributed by atoms with Crippen LogP contribution in [0.5, 0.6) is 0 Å². The zero-order valence-electron chi connectivity index (χ0n) is 11.9. The van der Waals surface area contributed by atoms with Crippen LogP contribution >= 0.6 is 11.6 Å². The van der Waals surface area contributed by atoms with E-state index in [1.54, 1.807) is 27.7 Å². The SMILES string of the molecule is CC(C)(N)C(C)(C)C(=O)Nc1ccc(Cl)c([N+](=O)[O-])c1. The third-order valence-corrected chi connectivity index (χ3v) is 3.90. The Morgan fingerprint density at radius 2 is 1.90 bits per heavy atom. The summed E-state index contributed by atoms with van der Waals surface area (Å²) in [5.41, 5.74) is 4.45. The molecule has 6 nitrogen and oxygen atoms in total. The lowest BCUT2D eigenvalue weighted by Gasteiger charge is -2.36. The van der Waals surface area contributed by atoms with Gasteiger partial charge >= 0.3 is 0 Å². The van der Waals surface area contributed by atoms with Crippen LogP contribution in [0.4, 0.5) is 11.4 Å². The van der Waals surface area contributed by atoms with E-state index in [-0.39, 0.29) is 16.6 Å². The van der Waals surface area contributed by atoms with Gasteiger partial charge in [-0.05, 0) is 39.8 Å². The van der Waals surface area contributed by atoms with Crippen molar-refractivity contribution in [2.75, 3.05) is 5.32 Å². The average Bonchev–Trinajstić information content (AvgIpc) is 2.29.